The van der Waals surface area contributed by atoms with Crippen molar-refractivity contribution >= 4 is 22.8 Å². The van der Waals surface area contributed by atoms with Gasteiger partial charge in [0.15, 0.2) is 10.7 Å². The van der Waals surface area contributed by atoms with Gasteiger partial charge in [0.1, 0.15) is 6.61 Å². The van der Waals surface area contributed by atoms with Gasteiger partial charge in [-0.2, -0.15) is 0 Å². The minimum absolute atomic E-state index is 0.0626. The minimum Gasteiger partial charge on any atom is -0.458 e. The summed E-state index contributed by atoms with van der Waals surface area (Å²) >= 11 is 0.986. The van der Waals surface area contributed by atoms with Crippen molar-refractivity contribution in [2.45, 2.75) is 31.0 Å². The molecule has 3 aromatic carbocycles. The molecule has 0 heterocycles. The standard InChI is InChI=1S/C24H22O4S/c1-17(25)29-22-15-20(19-11-7-4-8-12-19)13-14-21(22)24(2,27)23(26)28-16-18-9-5-3-6-10-18/h3-15,27H,16H2,1-2H3. The van der Waals surface area contributed by atoms with Gasteiger partial charge in [-0.25, -0.2) is 4.79 Å². The van der Waals surface area contributed by atoms with Gasteiger partial charge in [0.2, 0.25) is 0 Å². The smallest absolute Gasteiger partial charge is 0.342 e. The number of rotatable bonds is 6. The molecule has 0 bridgehead atoms. The van der Waals surface area contributed by atoms with E-state index in [0.29, 0.717) is 10.5 Å². The zero-order valence-electron chi connectivity index (χ0n) is 16.3. The quantitative estimate of drug-likeness (QED) is 0.464. The number of hydrogen-bond acceptors (Lipinski definition) is 5. The highest BCUT2D eigenvalue weighted by Gasteiger charge is 2.37. The molecule has 0 aliphatic heterocycles. The van der Waals surface area contributed by atoms with E-state index in [9.17, 15) is 14.7 Å². The lowest BCUT2D eigenvalue weighted by molar-refractivity contribution is -0.166. The van der Waals surface area contributed by atoms with E-state index < -0.39 is 11.6 Å². The first-order valence-corrected chi connectivity index (χ1v) is 10.0. The first kappa shape index (κ1) is 20.8. The molecule has 0 saturated carbocycles. The van der Waals surface area contributed by atoms with Crippen molar-refractivity contribution in [2.24, 2.45) is 0 Å². The van der Waals surface area contributed by atoms with E-state index in [4.69, 9.17) is 4.74 Å². The molecule has 29 heavy (non-hydrogen) atoms. The third kappa shape index (κ3) is 5.13. The van der Waals surface area contributed by atoms with Crippen molar-refractivity contribution in [1.82, 2.24) is 0 Å². The molecule has 1 unspecified atom stereocenters. The Balaban J connectivity index is 1.90. The predicted molar refractivity (Wildman–Crippen MR) is 114 cm³/mol. The van der Waals surface area contributed by atoms with Crippen LogP contribution in [0.2, 0.25) is 0 Å². The van der Waals surface area contributed by atoms with E-state index in [-0.39, 0.29) is 11.7 Å². The Labute approximate surface area is 174 Å². The normalized spacial score (nSPS) is 12.8. The van der Waals surface area contributed by atoms with Crippen LogP contribution in [0.25, 0.3) is 11.1 Å². The largest absolute Gasteiger partial charge is 0.458 e. The highest BCUT2D eigenvalue weighted by Crippen LogP contribution is 2.36. The molecule has 0 aliphatic rings. The van der Waals surface area contributed by atoms with Gasteiger partial charge in [0.05, 0.1) is 0 Å². The summed E-state index contributed by atoms with van der Waals surface area (Å²) in [7, 11) is 0. The van der Waals surface area contributed by atoms with Crippen LogP contribution in [0.4, 0.5) is 0 Å². The molecule has 3 aromatic rings. The van der Waals surface area contributed by atoms with Crippen LogP contribution in [0.3, 0.4) is 0 Å². The van der Waals surface area contributed by atoms with Crippen LogP contribution >= 0.6 is 11.8 Å². The molecule has 5 heteroatoms. The second-order valence-corrected chi connectivity index (χ2v) is 8.02. The average molecular weight is 407 g/mol. The monoisotopic (exact) mass is 406 g/mol. The highest BCUT2D eigenvalue weighted by molar-refractivity contribution is 8.13. The molecular formula is C24H22O4S. The number of carbonyl (C=O) groups excluding carboxylic acids is 2. The lowest BCUT2D eigenvalue weighted by Crippen LogP contribution is -2.34. The number of aliphatic hydroxyl groups is 1. The summed E-state index contributed by atoms with van der Waals surface area (Å²) < 4.78 is 5.34. The van der Waals surface area contributed by atoms with Crippen LogP contribution < -0.4 is 0 Å². The summed E-state index contributed by atoms with van der Waals surface area (Å²) in [6, 6.07) is 24.3. The number of carbonyl (C=O) groups is 2. The molecule has 0 amide bonds. The van der Waals surface area contributed by atoms with Crippen LogP contribution in [0.15, 0.2) is 83.8 Å². The van der Waals surface area contributed by atoms with Gasteiger partial charge in [-0.3, -0.25) is 4.79 Å². The van der Waals surface area contributed by atoms with E-state index in [0.717, 1.165) is 28.5 Å². The Kier molecular flexibility index (Phi) is 6.52. The Morgan fingerprint density at radius 2 is 1.55 bits per heavy atom. The summed E-state index contributed by atoms with van der Waals surface area (Å²) in [5.41, 5.74) is 1.16. The van der Waals surface area contributed by atoms with Crippen molar-refractivity contribution in [2.75, 3.05) is 0 Å². The van der Waals surface area contributed by atoms with Gasteiger partial charge in [-0.1, -0.05) is 84.6 Å². The third-order valence-electron chi connectivity index (χ3n) is 4.48. The lowest BCUT2D eigenvalue weighted by atomic mass is 9.93. The van der Waals surface area contributed by atoms with Gasteiger partial charge in [0.25, 0.3) is 0 Å². The fourth-order valence-corrected chi connectivity index (χ4v) is 3.82. The molecule has 0 aromatic heterocycles. The van der Waals surface area contributed by atoms with Crippen LogP contribution in [0, 0.1) is 0 Å². The van der Waals surface area contributed by atoms with Crippen molar-refractivity contribution < 1.29 is 19.4 Å². The van der Waals surface area contributed by atoms with Gasteiger partial charge in [-0.05, 0) is 29.7 Å². The predicted octanol–water partition coefficient (Wildman–Crippen LogP) is 4.94. The fourth-order valence-electron chi connectivity index (χ4n) is 2.95. The summed E-state index contributed by atoms with van der Waals surface area (Å²) in [4.78, 5) is 25.0. The van der Waals surface area contributed by atoms with Gasteiger partial charge in [0, 0.05) is 17.4 Å². The molecule has 3 rings (SSSR count). The topological polar surface area (TPSA) is 63.6 Å². The maximum absolute atomic E-state index is 12.7. The second-order valence-electron chi connectivity index (χ2n) is 6.80. The molecule has 0 aliphatic carbocycles. The Morgan fingerprint density at radius 1 is 0.931 bits per heavy atom. The van der Waals surface area contributed by atoms with E-state index in [1.54, 1.807) is 6.07 Å². The first-order chi connectivity index (χ1) is 13.9. The summed E-state index contributed by atoms with van der Waals surface area (Å²) in [6.45, 7) is 2.90. The Hall–Kier alpha value is -2.89. The number of benzene rings is 3. The maximum atomic E-state index is 12.7. The maximum Gasteiger partial charge on any atom is 0.342 e. The van der Waals surface area contributed by atoms with Gasteiger partial charge >= 0.3 is 5.97 Å². The number of thioether (sulfide) groups is 1. The van der Waals surface area contributed by atoms with Crippen molar-refractivity contribution in [3.63, 3.8) is 0 Å². The molecule has 1 N–H and O–H groups in total. The van der Waals surface area contributed by atoms with Crippen LogP contribution in [-0.2, 0) is 26.5 Å². The number of esters is 1. The van der Waals surface area contributed by atoms with Crippen LogP contribution in [-0.4, -0.2) is 16.2 Å². The zero-order valence-corrected chi connectivity index (χ0v) is 17.1. The van der Waals surface area contributed by atoms with E-state index in [1.165, 1.54) is 13.8 Å². The van der Waals surface area contributed by atoms with Crippen molar-refractivity contribution in [1.29, 1.82) is 0 Å². The van der Waals surface area contributed by atoms with E-state index >= 15 is 0 Å². The van der Waals surface area contributed by atoms with Crippen LogP contribution in [0.5, 0.6) is 0 Å². The molecular weight excluding hydrogens is 384 g/mol. The van der Waals surface area contributed by atoms with E-state index in [1.807, 2.05) is 72.8 Å². The molecule has 148 valence electrons. The number of ether oxygens (including phenoxy) is 1. The summed E-state index contributed by atoms with van der Waals surface area (Å²) in [5, 5.41) is 10.9. The van der Waals surface area contributed by atoms with Crippen molar-refractivity contribution in [3.05, 3.63) is 90.0 Å². The molecule has 0 saturated heterocycles. The SMILES string of the molecule is CC(=O)Sc1cc(-c2ccccc2)ccc1C(C)(O)C(=O)OCc1ccccc1. The molecule has 0 spiro atoms. The summed E-state index contributed by atoms with van der Waals surface area (Å²) in [6.07, 6.45) is 0. The van der Waals surface area contributed by atoms with Crippen molar-refractivity contribution in [3.8, 4) is 11.1 Å². The summed E-state index contributed by atoms with van der Waals surface area (Å²) in [5.74, 6) is -0.765. The Morgan fingerprint density at radius 3 is 2.17 bits per heavy atom. The molecule has 1 atom stereocenters. The number of hydrogen-bond donors (Lipinski definition) is 1. The first-order valence-electron chi connectivity index (χ1n) is 9.20. The van der Waals surface area contributed by atoms with Gasteiger partial charge < -0.3 is 9.84 Å². The fraction of sp³-hybridized carbons (Fsp3) is 0.167. The molecule has 4 nitrogen and oxygen atoms in total. The van der Waals surface area contributed by atoms with E-state index in [2.05, 4.69) is 0 Å². The zero-order chi connectivity index (χ0) is 20.9. The Bertz CT molecular complexity index is 998. The van der Waals surface area contributed by atoms with Gasteiger partial charge in [-0.15, -0.1) is 0 Å². The minimum atomic E-state index is -1.89. The van der Waals surface area contributed by atoms with Crippen LogP contribution in [0.1, 0.15) is 25.0 Å². The lowest BCUT2D eigenvalue weighted by Gasteiger charge is -2.24. The third-order valence-corrected chi connectivity index (χ3v) is 5.32. The second kappa shape index (κ2) is 9.07. The highest BCUT2D eigenvalue weighted by atomic mass is 32.2. The average Bonchev–Trinajstić information content (AvgIpc) is 2.72. The molecule has 0 radical (unpaired) electrons. The molecule has 0 fully saturated rings.